The maximum Gasteiger partial charge on any atom is 0.273 e. The monoisotopic (exact) mass is 476 g/mol. The molecular weight excluding hydrogens is 452 g/mol. The summed E-state index contributed by atoms with van der Waals surface area (Å²) in [6.45, 7) is 8.52. The molecule has 1 aromatic carbocycles. The molecule has 3 heterocycles. The molecule has 0 unspecified atom stereocenters. The van der Waals surface area contributed by atoms with E-state index in [2.05, 4.69) is 32.0 Å². The molecule has 1 N–H and O–H groups in total. The first-order valence-corrected chi connectivity index (χ1v) is 11.6. The number of aryl methyl sites for hydroxylation is 1. The van der Waals surface area contributed by atoms with Crippen LogP contribution < -0.4 is 20.5 Å². The van der Waals surface area contributed by atoms with Crippen molar-refractivity contribution >= 4 is 50.0 Å². The molecule has 0 bridgehead atoms. The second kappa shape index (κ2) is 9.43. The van der Waals surface area contributed by atoms with Crippen LogP contribution in [0.5, 0.6) is 5.75 Å². The Bertz CT molecular complexity index is 1200. The first-order valence-electron chi connectivity index (χ1n) is 10.4. The molecule has 0 atom stereocenters. The Morgan fingerprint density at radius 3 is 2.72 bits per heavy atom. The van der Waals surface area contributed by atoms with Crippen LogP contribution in [0.15, 0.2) is 23.3 Å². The summed E-state index contributed by atoms with van der Waals surface area (Å²) in [6, 6.07) is 3.38. The molecule has 0 radical (unpaired) electrons. The van der Waals surface area contributed by atoms with Gasteiger partial charge in [0.15, 0.2) is 10.8 Å². The quantitative estimate of drug-likeness (QED) is 0.584. The minimum Gasteiger partial charge on any atom is -0.495 e. The van der Waals surface area contributed by atoms with Gasteiger partial charge in [0.1, 0.15) is 23.3 Å². The molecule has 170 valence electrons. The highest BCUT2D eigenvalue weighted by Crippen LogP contribution is 2.31. The van der Waals surface area contributed by atoms with Crippen molar-refractivity contribution in [3.8, 4) is 5.75 Å². The van der Waals surface area contributed by atoms with Gasteiger partial charge >= 0.3 is 0 Å². The molecule has 4 rings (SSSR count). The number of benzene rings is 1. The molecule has 3 aromatic rings. The summed E-state index contributed by atoms with van der Waals surface area (Å²) in [5, 5.41) is 4.12. The SMILES string of the molecule is CCN1CCN(c2nc3ncn(CC(=O)Nc4cc(C)c(Cl)cc4OC)c(=O)c3s2)CC1. The summed E-state index contributed by atoms with van der Waals surface area (Å²) >= 11 is 7.45. The number of anilines is 2. The van der Waals surface area contributed by atoms with Crippen molar-refractivity contribution in [1.29, 1.82) is 0 Å². The first kappa shape index (κ1) is 22.5. The Hall–Kier alpha value is -2.69. The van der Waals surface area contributed by atoms with E-state index in [4.69, 9.17) is 16.3 Å². The van der Waals surface area contributed by atoms with Crippen LogP contribution in [0.3, 0.4) is 0 Å². The van der Waals surface area contributed by atoms with Gasteiger partial charge in [0.05, 0.1) is 12.8 Å². The summed E-state index contributed by atoms with van der Waals surface area (Å²) in [5.41, 5.74) is 1.44. The van der Waals surface area contributed by atoms with E-state index < -0.39 is 0 Å². The number of amides is 1. The lowest BCUT2D eigenvalue weighted by molar-refractivity contribution is -0.116. The maximum absolute atomic E-state index is 13.0. The van der Waals surface area contributed by atoms with Crippen molar-refractivity contribution in [1.82, 2.24) is 19.4 Å². The van der Waals surface area contributed by atoms with E-state index >= 15 is 0 Å². The Kier molecular flexibility index (Phi) is 6.63. The van der Waals surface area contributed by atoms with Gasteiger partial charge in [-0.3, -0.25) is 14.2 Å². The molecule has 11 heteroatoms. The Morgan fingerprint density at radius 2 is 2.03 bits per heavy atom. The van der Waals surface area contributed by atoms with Crippen LogP contribution in [0.2, 0.25) is 5.02 Å². The van der Waals surface area contributed by atoms with E-state index in [1.165, 1.54) is 29.3 Å². The topological polar surface area (TPSA) is 92.6 Å². The number of fused-ring (bicyclic) bond motifs is 1. The first-order chi connectivity index (χ1) is 15.4. The number of hydrogen-bond donors (Lipinski definition) is 1. The van der Waals surface area contributed by atoms with Crippen LogP contribution in [0.4, 0.5) is 10.8 Å². The van der Waals surface area contributed by atoms with Gasteiger partial charge in [-0.2, -0.15) is 4.98 Å². The average molecular weight is 477 g/mol. The summed E-state index contributed by atoms with van der Waals surface area (Å²) in [5.74, 6) is 0.0823. The van der Waals surface area contributed by atoms with Crippen molar-refractivity contribution in [3.63, 3.8) is 0 Å². The predicted molar refractivity (Wildman–Crippen MR) is 127 cm³/mol. The van der Waals surface area contributed by atoms with E-state index in [1.807, 2.05) is 6.92 Å². The van der Waals surface area contributed by atoms with Crippen LogP contribution in [0.1, 0.15) is 12.5 Å². The number of methoxy groups -OCH3 is 1. The summed E-state index contributed by atoms with van der Waals surface area (Å²) in [4.78, 5) is 39.0. The Morgan fingerprint density at radius 1 is 1.28 bits per heavy atom. The standard InChI is InChI=1S/C21H25ClN6O3S/c1-4-26-5-7-27(8-6-26)21-25-19-18(32-21)20(30)28(12-23-19)11-17(29)24-15-9-13(2)14(22)10-16(15)31-3/h9-10,12H,4-8,11H2,1-3H3,(H,24,29). The third-order valence-electron chi connectivity index (χ3n) is 5.53. The van der Waals surface area contributed by atoms with E-state index in [1.54, 1.807) is 12.1 Å². The van der Waals surface area contributed by atoms with Crippen LogP contribution in [0.25, 0.3) is 10.3 Å². The number of likely N-dealkylation sites (N-methyl/N-ethyl adjacent to an activating group) is 1. The lowest BCUT2D eigenvalue weighted by Gasteiger charge is -2.33. The number of carbonyl (C=O) groups excluding carboxylic acids is 1. The number of thiazole rings is 1. The normalized spacial score (nSPS) is 14.7. The molecule has 9 nitrogen and oxygen atoms in total. The van der Waals surface area contributed by atoms with Gasteiger partial charge < -0.3 is 19.9 Å². The fraction of sp³-hybridized carbons (Fsp3) is 0.429. The number of carbonyl (C=O) groups is 1. The van der Waals surface area contributed by atoms with Crippen LogP contribution in [-0.4, -0.2) is 65.2 Å². The third-order valence-corrected chi connectivity index (χ3v) is 7.03. The second-order valence-corrected chi connectivity index (χ2v) is 8.98. The Labute approximate surface area is 194 Å². The molecule has 1 aliphatic rings. The van der Waals surface area contributed by atoms with E-state index in [0.29, 0.717) is 26.8 Å². The molecule has 2 aromatic heterocycles. The molecule has 0 saturated carbocycles. The van der Waals surface area contributed by atoms with Gasteiger partial charge in [0.2, 0.25) is 5.91 Å². The lowest BCUT2D eigenvalue weighted by Crippen LogP contribution is -2.46. The van der Waals surface area contributed by atoms with Crippen molar-refractivity contribution < 1.29 is 9.53 Å². The van der Waals surface area contributed by atoms with Crippen LogP contribution in [-0.2, 0) is 11.3 Å². The fourth-order valence-corrected chi connectivity index (χ4v) is 4.79. The zero-order chi connectivity index (χ0) is 22.8. The number of nitrogens with one attached hydrogen (secondary N) is 1. The highest BCUT2D eigenvalue weighted by molar-refractivity contribution is 7.22. The number of piperazine rings is 1. The molecule has 1 fully saturated rings. The number of aromatic nitrogens is 3. The minimum absolute atomic E-state index is 0.172. The summed E-state index contributed by atoms with van der Waals surface area (Å²) in [7, 11) is 1.50. The van der Waals surface area contributed by atoms with E-state index in [0.717, 1.165) is 43.4 Å². The number of ether oxygens (including phenoxy) is 1. The van der Waals surface area contributed by atoms with Crippen molar-refractivity contribution in [2.75, 3.05) is 50.1 Å². The number of halogens is 1. The zero-order valence-electron chi connectivity index (χ0n) is 18.2. The second-order valence-electron chi connectivity index (χ2n) is 7.60. The van der Waals surface area contributed by atoms with Gasteiger partial charge in [0, 0.05) is 37.3 Å². The van der Waals surface area contributed by atoms with E-state index in [9.17, 15) is 9.59 Å². The van der Waals surface area contributed by atoms with Gasteiger partial charge in [-0.1, -0.05) is 29.9 Å². The highest BCUT2D eigenvalue weighted by Gasteiger charge is 2.21. The molecule has 1 amide bonds. The van der Waals surface area contributed by atoms with Crippen molar-refractivity contribution in [2.24, 2.45) is 0 Å². The maximum atomic E-state index is 13.0. The van der Waals surface area contributed by atoms with Crippen LogP contribution in [0, 0.1) is 6.92 Å². The molecule has 0 spiro atoms. The molecule has 32 heavy (non-hydrogen) atoms. The smallest absolute Gasteiger partial charge is 0.273 e. The Balaban J connectivity index is 1.52. The zero-order valence-corrected chi connectivity index (χ0v) is 19.8. The largest absolute Gasteiger partial charge is 0.495 e. The summed E-state index contributed by atoms with van der Waals surface area (Å²) in [6.07, 6.45) is 1.37. The molecule has 0 aliphatic carbocycles. The number of nitrogens with zero attached hydrogens (tertiary/aromatic N) is 5. The van der Waals surface area contributed by atoms with E-state index in [-0.39, 0.29) is 18.0 Å². The third kappa shape index (κ3) is 4.57. The highest BCUT2D eigenvalue weighted by atomic mass is 35.5. The van der Waals surface area contributed by atoms with Crippen molar-refractivity contribution in [2.45, 2.75) is 20.4 Å². The fourth-order valence-electron chi connectivity index (χ4n) is 3.61. The van der Waals surface area contributed by atoms with Gasteiger partial charge in [0.25, 0.3) is 5.56 Å². The summed E-state index contributed by atoms with van der Waals surface area (Å²) < 4.78 is 7.04. The number of hydrogen-bond acceptors (Lipinski definition) is 8. The van der Waals surface area contributed by atoms with Gasteiger partial charge in [-0.15, -0.1) is 0 Å². The minimum atomic E-state index is -0.367. The number of rotatable bonds is 6. The predicted octanol–water partition coefficient (Wildman–Crippen LogP) is 2.60. The van der Waals surface area contributed by atoms with Crippen LogP contribution >= 0.6 is 22.9 Å². The average Bonchev–Trinajstić information content (AvgIpc) is 3.23. The molecule has 1 saturated heterocycles. The molecular formula is C21H25ClN6O3S. The van der Waals surface area contributed by atoms with Gasteiger partial charge in [-0.25, -0.2) is 4.98 Å². The van der Waals surface area contributed by atoms with Crippen molar-refractivity contribution in [3.05, 3.63) is 39.4 Å². The lowest BCUT2D eigenvalue weighted by atomic mass is 10.2. The molecule has 1 aliphatic heterocycles. The van der Waals surface area contributed by atoms with Gasteiger partial charge in [-0.05, 0) is 25.1 Å².